The van der Waals surface area contributed by atoms with Gasteiger partial charge in [-0.2, -0.15) is 0 Å². The van der Waals surface area contributed by atoms with Gasteiger partial charge in [-0.05, 0) is 24.3 Å². The van der Waals surface area contributed by atoms with Crippen LogP contribution in [0, 0.1) is 0 Å². The molecule has 104 valence electrons. The summed E-state index contributed by atoms with van der Waals surface area (Å²) < 4.78 is 0. The van der Waals surface area contributed by atoms with E-state index in [1.807, 2.05) is 0 Å². The molecule has 6 nitrogen and oxygen atoms in total. The number of pyridine rings is 2. The Morgan fingerprint density at radius 3 is 1.35 bits per heavy atom. The molecule has 2 aromatic heterocycles. The van der Waals surface area contributed by atoms with Crippen molar-refractivity contribution in [3.8, 4) is 0 Å². The highest BCUT2D eigenvalue weighted by molar-refractivity contribution is 6.29. The van der Waals surface area contributed by atoms with E-state index >= 15 is 0 Å². The SMILES string of the molecule is O=C(O)c1cccc(Cl)n1.O=C(O)c1cccc(Cl)n1. The van der Waals surface area contributed by atoms with Crippen LogP contribution in [0.4, 0.5) is 0 Å². The summed E-state index contributed by atoms with van der Waals surface area (Å²) in [5.74, 6) is -2.13. The minimum atomic E-state index is -1.07. The summed E-state index contributed by atoms with van der Waals surface area (Å²) in [6.07, 6.45) is 0. The number of carbonyl (C=O) groups is 2. The van der Waals surface area contributed by atoms with Crippen molar-refractivity contribution in [3.05, 3.63) is 58.1 Å². The Morgan fingerprint density at radius 1 is 0.800 bits per heavy atom. The van der Waals surface area contributed by atoms with Crippen molar-refractivity contribution in [2.24, 2.45) is 0 Å². The van der Waals surface area contributed by atoms with Gasteiger partial charge in [0.25, 0.3) is 0 Å². The van der Waals surface area contributed by atoms with Gasteiger partial charge in [0.05, 0.1) is 0 Å². The van der Waals surface area contributed by atoms with Crippen molar-refractivity contribution in [3.63, 3.8) is 0 Å². The van der Waals surface area contributed by atoms with Crippen LogP contribution in [0.1, 0.15) is 21.0 Å². The van der Waals surface area contributed by atoms with Gasteiger partial charge in [-0.25, -0.2) is 19.6 Å². The molecule has 0 atom stereocenters. The second-order valence-electron chi connectivity index (χ2n) is 3.30. The van der Waals surface area contributed by atoms with Crippen molar-refractivity contribution >= 4 is 35.1 Å². The third kappa shape index (κ3) is 5.21. The van der Waals surface area contributed by atoms with Crippen molar-refractivity contribution in [1.82, 2.24) is 9.97 Å². The molecule has 0 radical (unpaired) electrons. The fourth-order valence-electron chi connectivity index (χ4n) is 1.05. The Hall–Kier alpha value is -2.18. The van der Waals surface area contributed by atoms with Crippen molar-refractivity contribution in [2.45, 2.75) is 0 Å². The second kappa shape index (κ2) is 7.42. The van der Waals surface area contributed by atoms with Crippen molar-refractivity contribution in [2.75, 3.05) is 0 Å². The number of halogens is 2. The third-order valence-electron chi connectivity index (χ3n) is 1.87. The molecule has 2 N–H and O–H groups in total. The molecule has 0 unspecified atom stereocenters. The van der Waals surface area contributed by atoms with Gasteiger partial charge < -0.3 is 10.2 Å². The summed E-state index contributed by atoms with van der Waals surface area (Å²) in [4.78, 5) is 27.5. The number of carboxylic acids is 2. The van der Waals surface area contributed by atoms with Crippen LogP contribution in [0.3, 0.4) is 0 Å². The van der Waals surface area contributed by atoms with Crippen LogP contribution >= 0.6 is 23.2 Å². The molecule has 0 aliphatic rings. The van der Waals surface area contributed by atoms with Gasteiger partial charge in [0.1, 0.15) is 21.7 Å². The number of nitrogens with zero attached hydrogens (tertiary/aromatic N) is 2. The summed E-state index contributed by atoms with van der Waals surface area (Å²) in [5.41, 5.74) is -0.0694. The first-order valence-electron chi connectivity index (χ1n) is 5.12. The maximum atomic E-state index is 10.2. The van der Waals surface area contributed by atoms with Crippen LogP contribution in [0.25, 0.3) is 0 Å². The van der Waals surface area contributed by atoms with E-state index in [2.05, 4.69) is 9.97 Å². The first-order valence-corrected chi connectivity index (χ1v) is 5.87. The van der Waals surface area contributed by atoms with E-state index in [-0.39, 0.29) is 21.7 Å². The van der Waals surface area contributed by atoms with Gasteiger partial charge >= 0.3 is 11.9 Å². The molecular formula is C12H8Cl2N2O4. The van der Waals surface area contributed by atoms with Crippen LogP contribution in [-0.4, -0.2) is 32.1 Å². The lowest BCUT2D eigenvalue weighted by atomic mass is 10.4. The first kappa shape index (κ1) is 15.9. The fraction of sp³-hybridized carbons (Fsp3) is 0. The van der Waals surface area contributed by atoms with Crippen LogP contribution in [0.15, 0.2) is 36.4 Å². The largest absolute Gasteiger partial charge is 0.477 e. The Balaban J connectivity index is 0.000000200. The maximum absolute atomic E-state index is 10.2. The minimum Gasteiger partial charge on any atom is -0.477 e. The first-order chi connectivity index (χ1) is 9.40. The van der Waals surface area contributed by atoms with Gasteiger partial charge in [0, 0.05) is 0 Å². The second-order valence-corrected chi connectivity index (χ2v) is 4.08. The molecule has 2 rings (SSSR count). The van der Waals surface area contributed by atoms with Gasteiger partial charge in [0.2, 0.25) is 0 Å². The molecule has 0 saturated heterocycles. The standard InChI is InChI=1S/2C6H4ClNO2/c2*7-5-3-1-2-4(8-5)6(9)10/h2*1-3H,(H,9,10). The number of rotatable bonds is 2. The Morgan fingerprint density at radius 2 is 1.15 bits per heavy atom. The lowest BCUT2D eigenvalue weighted by Gasteiger charge is -1.91. The molecule has 0 spiro atoms. The molecule has 0 aliphatic heterocycles. The zero-order valence-corrected chi connectivity index (χ0v) is 11.3. The Bertz CT molecular complexity index is 579. The highest BCUT2D eigenvalue weighted by atomic mass is 35.5. The lowest BCUT2D eigenvalue weighted by molar-refractivity contribution is 0.0680. The molecule has 0 aromatic carbocycles. The highest BCUT2D eigenvalue weighted by Crippen LogP contribution is 2.04. The molecular weight excluding hydrogens is 307 g/mol. The van der Waals surface area contributed by atoms with E-state index in [1.165, 1.54) is 24.3 Å². The fourth-order valence-corrected chi connectivity index (χ4v) is 1.38. The Kier molecular flexibility index (Phi) is 5.89. The number of aromatic nitrogens is 2. The monoisotopic (exact) mass is 314 g/mol. The molecule has 0 fully saturated rings. The summed E-state index contributed by atoms with van der Waals surface area (Å²) in [7, 11) is 0. The molecule has 20 heavy (non-hydrogen) atoms. The van der Waals surface area contributed by atoms with Crippen molar-refractivity contribution in [1.29, 1.82) is 0 Å². The maximum Gasteiger partial charge on any atom is 0.354 e. The van der Waals surface area contributed by atoms with E-state index in [1.54, 1.807) is 12.1 Å². The zero-order valence-electron chi connectivity index (χ0n) is 9.83. The molecule has 0 bridgehead atoms. The molecule has 0 aliphatic carbocycles. The topological polar surface area (TPSA) is 100 Å². The van der Waals surface area contributed by atoms with E-state index in [4.69, 9.17) is 33.4 Å². The van der Waals surface area contributed by atoms with E-state index in [0.717, 1.165) is 0 Å². The molecule has 8 heteroatoms. The molecule has 2 heterocycles. The van der Waals surface area contributed by atoms with Gasteiger partial charge in [-0.3, -0.25) is 0 Å². The smallest absolute Gasteiger partial charge is 0.354 e. The van der Waals surface area contributed by atoms with Crippen LogP contribution in [-0.2, 0) is 0 Å². The average Bonchev–Trinajstić information content (AvgIpc) is 2.39. The number of aromatic carboxylic acids is 2. The summed E-state index contributed by atoms with van der Waals surface area (Å²) in [5, 5.41) is 17.2. The summed E-state index contributed by atoms with van der Waals surface area (Å²) in [6, 6.07) is 8.89. The van der Waals surface area contributed by atoms with Crippen molar-refractivity contribution < 1.29 is 19.8 Å². The van der Waals surface area contributed by atoms with E-state index in [0.29, 0.717) is 0 Å². The van der Waals surface area contributed by atoms with Gasteiger partial charge in [-0.15, -0.1) is 0 Å². The molecule has 2 aromatic rings. The molecule has 0 saturated carbocycles. The van der Waals surface area contributed by atoms with Crippen LogP contribution < -0.4 is 0 Å². The van der Waals surface area contributed by atoms with Crippen LogP contribution in [0.2, 0.25) is 10.3 Å². The normalized spacial score (nSPS) is 9.30. The number of hydrogen-bond donors (Lipinski definition) is 2. The zero-order chi connectivity index (χ0) is 15.1. The lowest BCUT2D eigenvalue weighted by Crippen LogP contribution is -1.98. The summed E-state index contributed by atoms with van der Waals surface area (Å²) in [6.45, 7) is 0. The predicted molar refractivity (Wildman–Crippen MR) is 72.4 cm³/mol. The highest BCUT2D eigenvalue weighted by Gasteiger charge is 2.03. The number of hydrogen-bond acceptors (Lipinski definition) is 4. The summed E-state index contributed by atoms with van der Waals surface area (Å²) >= 11 is 10.8. The van der Waals surface area contributed by atoms with Gasteiger partial charge in [0.15, 0.2) is 0 Å². The minimum absolute atomic E-state index is 0.0347. The quantitative estimate of drug-likeness (QED) is 0.827. The van der Waals surface area contributed by atoms with Crippen LogP contribution in [0.5, 0.6) is 0 Å². The predicted octanol–water partition coefficient (Wildman–Crippen LogP) is 2.87. The van der Waals surface area contributed by atoms with Gasteiger partial charge in [-0.1, -0.05) is 35.3 Å². The third-order valence-corrected chi connectivity index (χ3v) is 2.29. The molecule has 0 amide bonds. The average molecular weight is 315 g/mol. The van der Waals surface area contributed by atoms with E-state index < -0.39 is 11.9 Å². The van der Waals surface area contributed by atoms with E-state index in [9.17, 15) is 9.59 Å². The Labute approximate surface area is 123 Å². The number of carboxylic acid groups (broad SMARTS) is 2.